The van der Waals surface area contributed by atoms with Gasteiger partial charge in [0, 0.05) is 21.7 Å². The van der Waals surface area contributed by atoms with Gasteiger partial charge in [-0.05, 0) is 64.8 Å². The fourth-order valence-electron chi connectivity index (χ4n) is 2.17. The molecule has 0 atom stereocenters. The number of anilines is 3. The number of nitrogens with two attached hydrogens (primary N) is 1. The number of pyridine rings is 1. The number of rotatable bonds is 2. The van der Waals surface area contributed by atoms with Crippen molar-refractivity contribution in [3.8, 4) is 0 Å². The van der Waals surface area contributed by atoms with Gasteiger partial charge in [-0.3, -0.25) is 4.98 Å². The molecule has 1 aromatic heterocycles. The van der Waals surface area contributed by atoms with Gasteiger partial charge in [0.1, 0.15) is 0 Å². The third-order valence-corrected chi connectivity index (χ3v) is 3.85. The van der Waals surface area contributed by atoms with E-state index in [1.165, 1.54) is 5.56 Å². The van der Waals surface area contributed by atoms with Gasteiger partial charge in [-0.2, -0.15) is 0 Å². The normalized spacial score (nSPS) is 10.7. The third-order valence-electron chi connectivity index (χ3n) is 3.19. The number of nitrogens with one attached hydrogen (secondary N) is 1. The molecular formula is C16H14BrN3. The van der Waals surface area contributed by atoms with Crippen molar-refractivity contribution in [1.29, 1.82) is 0 Å². The second-order valence-electron chi connectivity index (χ2n) is 4.71. The van der Waals surface area contributed by atoms with Gasteiger partial charge >= 0.3 is 0 Å². The molecule has 0 fully saturated rings. The van der Waals surface area contributed by atoms with E-state index in [4.69, 9.17) is 5.73 Å². The van der Waals surface area contributed by atoms with Crippen LogP contribution in [0.2, 0.25) is 0 Å². The first-order valence-corrected chi connectivity index (χ1v) is 7.11. The minimum Gasteiger partial charge on any atom is -0.397 e. The first-order valence-electron chi connectivity index (χ1n) is 6.31. The van der Waals surface area contributed by atoms with Crippen molar-refractivity contribution >= 4 is 43.9 Å². The standard InChI is InChI=1S/C16H14BrN3/c1-10-4-6-15(12(17)9-10)20-14-7-5-13(18)16-11(14)3-2-8-19-16/h2-9,20H,18H2,1H3. The van der Waals surface area contributed by atoms with Gasteiger partial charge in [-0.15, -0.1) is 0 Å². The first kappa shape index (κ1) is 12.9. The van der Waals surface area contributed by atoms with Crippen LogP contribution in [-0.2, 0) is 0 Å². The summed E-state index contributed by atoms with van der Waals surface area (Å²) < 4.78 is 1.03. The van der Waals surface area contributed by atoms with E-state index in [9.17, 15) is 0 Å². The predicted molar refractivity (Wildman–Crippen MR) is 88.3 cm³/mol. The van der Waals surface area contributed by atoms with Crippen molar-refractivity contribution in [1.82, 2.24) is 4.98 Å². The molecule has 0 unspecified atom stereocenters. The highest BCUT2D eigenvalue weighted by molar-refractivity contribution is 9.10. The zero-order chi connectivity index (χ0) is 14.1. The van der Waals surface area contributed by atoms with E-state index in [1.807, 2.05) is 24.3 Å². The van der Waals surface area contributed by atoms with Crippen molar-refractivity contribution in [3.05, 3.63) is 58.7 Å². The zero-order valence-corrected chi connectivity index (χ0v) is 12.6. The third kappa shape index (κ3) is 2.34. The van der Waals surface area contributed by atoms with Gasteiger partial charge in [0.2, 0.25) is 0 Å². The lowest BCUT2D eigenvalue weighted by Gasteiger charge is -2.12. The monoisotopic (exact) mass is 327 g/mol. The largest absolute Gasteiger partial charge is 0.397 e. The summed E-state index contributed by atoms with van der Waals surface area (Å²) in [5, 5.41) is 4.44. The van der Waals surface area contributed by atoms with Crippen molar-refractivity contribution < 1.29 is 0 Å². The molecule has 0 aliphatic carbocycles. The lowest BCUT2D eigenvalue weighted by atomic mass is 10.1. The lowest BCUT2D eigenvalue weighted by molar-refractivity contribution is 1.40. The molecular weight excluding hydrogens is 314 g/mol. The maximum atomic E-state index is 5.97. The van der Waals surface area contributed by atoms with Crippen LogP contribution in [0.25, 0.3) is 10.9 Å². The van der Waals surface area contributed by atoms with Gasteiger partial charge in [0.15, 0.2) is 0 Å². The number of benzene rings is 2. The fourth-order valence-corrected chi connectivity index (χ4v) is 2.76. The summed E-state index contributed by atoms with van der Waals surface area (Å²) >= 11 is 3.58. The molecule has 0 aliphatic heterocycles. The van der Waals surface area contributed by atoms with Crippen LogP contribution in [0.4, 0.5) is 17.1 Å². The van der Waals surface area contributed by atoms with Gasteiger partial charge in [-0.1, -0.05) is 6.07 Å². The maximum Gasteiger partial charge on any atom is 0.0951 e. The highest BCUT2D eigenvalue weighted by atomic mass is 79.9. The molecule has 0 spiro atoms. The molecule has 0 saturated heterocycles. The van der Waals surface area contributed by atoms with Crippen molar-refractivity contribution in [2.45, 2.75) is 6.92 Å². The number of fused-ring (bicyclic) bond motifs is 1. The van der Waals surface area contributed by atoms with E-state index in [0.717, 1.165) is 26.8 Å². The highest BCUT2D eigenvalue weighted by Crippen LogP contribution is 2.32. The van der Waals surface area contributed by atoms with Crippen LogP contribution >= 0.6 is 15.9 Å². The molecule has 0 amide bonds. The number of nitrogens with zero attached hydrogens (tertiary/aromatic N) is 1. The predicted octanol–water partition coefficient (Wildman–Crippen LogP) is 4.63. The minimum atomic E-state index is 0.689. The summed E-state index contributed by atoms with van der Waals surface area (Å²) in [7, 11) is 0. The van der Waals surface area contributed by atoms with E-state index in [1.54, 1.807) is 6.20 Å². The van der Waals surface area contributed by atoms with Crippen LogP contribution in [0, 0.1) is 6.92 Å². The zero-order valence-electron chi connectivity index (χ0n) is 11.0. The van der Waals surface area contributed by atoms with Gasteiger partial charge in [-0.25, -0.2) is 0 Å². The Kier molecular flexibility index (Phi) is 3.32. The summed E-state index contributed by atoms with van der Waals surface area (Å²) in [6, 6.07) is 14.0. The molecule has 0 saturated carbocycles. The Hall–Kier alpha value is -2.07. The smallest absolute Gasteiger partial charge is 0.0951 e. The minimum absolute atomic E-state index is 0.689. The fraction of sp³-hybridized carbons (Fsp3) is 0.0625. The Morgan fingerprint density at radius 1 is 1.10 bits per heavy atom. The van der Waals surface area contributed by atoms with Crippen LogP contribution in [0.15, 0.2) is 53.1 Å². The second kappa shape index (κ2) is 5.13. The van der Waals surface area contributed by atoms with Gasteiger partial charge < -0.3 is 11.1 Å². The number of aryl methyl sites for hydroxylation is 1. The molecule has 0 bridgehead atoms. The summed E-state index contributed by atoms with van der Waals surface area (Å²) in [6.07, 6.45) is 1.75. The Morgan fingerprint density at radius 2 is 1.90 bits per heavy atom. The number of aromatic nitrogens is 1. The molecule has 4 heteroatoms. The number of hydrogen-bond donors (Lipinski definition) is 2. The molecule has 3 aromatic rings. The van der Waals surface area contributed by atoms with E-state index in [-0.39, 0.29) is 0 Å². The van der Waals surface area contributed by atoms with Crippen molar-refractivity contribution in [3.63, 3.8) is 0 Å². The Balaban J connectivity index is 2.09. The topological polar surface area (TPSA) is 50.9 Å². The summed E-state index contributed by atoms with van der Waals surface area (Å²) in [6.45, 7) is 2.07. The molecule has 3 nitrogen and oxygen atoms in total. The summed E-state index contributed by atoms with van der Waals surface area (Å²) in [5.74, 6) is 0. The summed E-state index contributed by atoms with van der Waals surface area (Å²) in [5.41, 5.74) is 10.7. The lowest BCUT2D eigenvalue weighted by Crippen LogP contribution is -1.96. The van der Waals surface area contributed by atoms with Gasteiger partial charge in [0.25, 0.3) is 0 Å². The van der Waals surface area contributed by atoms with Crippen LogP contribution in [0.5, 0.6) is 0 Å². The number of hydrogen-bond acceptors (Lipinski definition) is 3. The van der Waals surface area contributed by atoms with E-state index >= 15 is 0 Å². The van der Waals surface area contributed by atoms with Crippen molar-refractivity contribution in [2.24, 2.45) is 0 Å². The molecule has 0 radical (unpaired) electrons. The van der Waals surface area contributed by atoms with E-state index in [2.05, 4.69) is 51.4 Å². The number of halogens is 1. The van der Waals surface area contributed by atoms with Crippen LogP contribution in [0.3, 0.4) is 0 Å². The Bertz CT molecular complexity index is 784. The second-order valence-corrected chi connectivity index (χ2v) is 5.56. The Morgan fingerprint density at radius 3 is 2.70 bits per heavy atom. The highest BCUT2D eigenvalue weighted by Gasteiger charge is 2.06. The van der Waals surface area contributed by atoms with Crippen LogP contribution in [0.1, 0.15) is 5.56 Å². The van der Waals surface area contributed by atoms with Crippen molar-refractivity contribution in [2.75, 3.05) is 11.1 Å². The quantitative estimate of drug-likeness (QED) is 0.674. The SMILES string of the molecule is Cc1ccc(Nc2ccc(N)c3ncccc23)c(Br)c1. The van der Waals surface area contributed by atoms with E-state index < -0.39 is 0 Å². The molecule has 0 aliphatic rings. The average molecular weight is 328 g/mol. The molecule has 3 rings (SSSR count). The van der Waals surface area contributed by atoms with Gasteiger partial charge in [0.05, 0.1) is 16.9 Å². The molecule has 20 heavy (non-hydrogen) atoms. The summed E-state index contributed by atoms with van der Waals surface area (Å²) in [4.78, 5) is 4.34. The maximum absolute atomic E-state index is 5.97. The average Bonchev–Trinajstić information content (AvgIpc) is 2.45. The molecule has 1 heterocycles. The van der Waals surface area contributed by atoms with Crippen LogP contribution < -0.4 is 11.1 Å². The Labute approximate surface area is 126 Å². The van der Waals surface area contributed by atoms with E-state index in [0.29, 0.717) is 5.69 Å². The molecule has 3 N–H and O–H groups in total. The number of nitrogen functional groups attached to an aromatic ring is 1. The molecule has 2 aromatic carbocycles. The first-order chi connectivity index (χ1) is 9.65. The van der Waals surface area contributed by atoms with Crippen LogP contribution in [-0.4, -0.2) is 4.98 Å². The molecule has 100 valence electrons.